The molecule has 0 fully saturated rings. The third-order valence-electron chi connectivity index (χ3n) is 3.47. The van der Waals surface area contributed by atoms with Crippen LogP contribution in [0.25, 0.3) is 0 Å². The maximum absolute atomic E-state index is 12.3. The van der Waals surface area contributed by atoms with Crippen molar-refractivity contribution in [1.82, 2.24) is 5.06 Å². The average molecular weight is 352 g/mol. The van der Waals surface area contributed by atoms with Gasteiger partial charge in [-0.05, 0) is 24.6 Å². The minimum absolute atomic E-state index is 0.118. The summed E-state index contributed by atoms with van der Waals surface area (Å²) in [5.41, 5.74) is 0.934. The molecule has 130 valence electrons. The molecule has 1 aliphatic rings. The van der Waals surface area contributed by atoms with Crippen molar-refractivity contribution in [2.75, 3.05) is 17.6 Å². The van der Waals surface area contributed by atoms with Gasteiger partial charge >= 0.3 is 0 Å². The molecule has 8 heteroatoms. The van der Waals surface area contributed by atoms with Crippen molar-refractivity contribution in [2.45, 2.75) is 26.2 Å². The predicted octanol–water partition coefficient (Wildman–Crippen LogP) is 2.33. The third kappa shape index (κ3) is 4.01. The monoisotopic (exact) mass is 352 g/mol. The zero-order valence-corrected chi connectivity index (χ0v) is 14.3. The van der Waals surface area contributed by atoms with Gasteiger partial charge in [-0.2, -0.15) is 8.42 Å². The molecule has 1 aromatic carbocycles. The van der Waals surface area contributed by atoms with Crippen molar-refractivity contribution in [2.24, 2.45) is 0 Å². The van der Waals surface area contributed by atoms with Crippen LogP contribution in [-0.2, 0) is 14.4 Å². The Bertz CT molecular complexity index is 758. The highest BCUT2D eigenvalue weighted by Gasteiger charge is 2.39. The van der Waals surface area contributed by atoms with E-state index < -0.39 is 27.7 Å². The molecule has 0 saturated carbocycles. The third-order valence-corrected chi connectivity index (χ3v) is 4.49. The molecule has 0 bridgehead atoms. The summed E-state index contributed by atoms with van der Waals surface area (Å²) in [5, 5.41) is 3.46. The first-order valence-electron chi connectivity index (χ1n) is 7.69. The quantitative estimate of drug-likeness (QED) is 0.416. The fourth-order valence-electron chi connectivity index (χ4n) is 2.29. The van der Waals surface area contributed by atoms with Crippen LogP contribution < -0.4 is 5.32 Å². The molecule has 0 saturated heterocycles. The number of nitrogens with one attached hydrogen (secondary N) is 1. The van der Waals surface area contributed by atoms with Crippen LogP contribution in [0.15, 0.2) is 30.9 Å². The first-order valence-corrected chi connectivity index (χ1v) is 9.27. The molecule has 2 rings (SSSR count). The van der Waals surface area contributed by atoms with E-state index in [2.05, 4.69) is 23.1 Å². The molecule has 24 heavy (non-hydrogen) atoms. The molecule has 1 heterocycles. The summed E-state index contributed by atoms with van der Waals surface area (Å²) in [5.74, 6) is -2.08. The lowest BCUT2D eigenvalue weighted by Gasteiger charge is -2.11. The van der Waals surface area contributed by atoms with Crippen molar-refractivity contribution < 1.29 is 22.3 Å². The second-order valence-electron chi connectivity index (χ2n) is 5.39. The van der Waals surface area contributed by atoms with Gasteiger partial charge in [-0.3, -0.25) is 9.59 Å². The lowest BCUT2D eigenvalue weighted by molar-refractivity contribution is -0.0101. The molecular weight excluding hydrogens is 332 g/mol. The number of hydrogen-bond acceptors (Lipinski definition) is 6. The van der Waals surface area contributed by atoms with Crippen LogP contribution in [-0.4, -0.2) is 37.6 Å². The van der Waals surface area contributed by atoms with E-state index in [1.165, 1.54) is 12.1 Å². The van der Waals surface area contributed by atoms with Gasteiger partial charge in [-0.25, -0.2) is 0 Å². The summed E-state index contributed by atoms with van der Waals surface area (Å²) in [4.78, 5) is 24.4. The zero-order chi connectivity index (χ0) is 17.7. The van der Waals surface area contributed by atoms with Crippen molar-refractivity contribution in [1.29, 1.82) is 0 Å². The van der Waals surface area contributed by atoms with Crippen molar-refractivity contribution in [3.05, 3.63) is 42.0 Å². The Balaban J connectivity index is 2.14. The van der Waals surface area contributed by atoms with Crippen LogP contribution in [0, 0.1) is 0 Å². The molecule has 0 radical (unpaired) electrons. The summed E-state index contributed by atoms with van der Waals surface area (Å²) in [6.45, 7) is 6.15. The predicted molar refractivity (Wildman–Crippen MR) is 90.0 cm³/mol. The number of nitrogens with zero attached hydrogens (tertiary/aromatic N) is 1. The van der Waals surface area contributed by atoms with E-state index in [0.29, 0.717) is 5.69 Å². The first-order chi connectivity index (χ1) is 11.4. The minimum atomic E-state index is -4.08. The molecular formula is C16H20N2O5S. The highest BCUT2D eigenvalue weighted by atomic mass is 32.2. The number of hydrogen-bond donors (Lipinski definition) is 1. The largest absolute Gasteiger partial charge is 0.385 e. The van der Waals surface area contributed by atoms with Gasteiger partial charge in [-0.15, -0.1) is 15.9 Å². The van der Waals surface area contributed by atoms with Crippen LogP contribution in [0.3, 0.4) is 0 Å². The molecule has 0 unspecified atom stereocenters. The molecule has 2 amide bonds. The lowest BCUT2D eigenvalue weighted by atomic mass is 10.1. The molecule has 0 aromatic heterocycles. The van der Waals surface area contributed by atoms with Gasteiger partial charge in [0.1, 0.15) is 0 Å². The molecule has 7 nitrogen and oxygen atoms in total. The Hall–Kier alpha value is -2.19. The molecule has 1 aliphatic heterocycles. The normalized spacial score (nSPS) is 14.0. The Morgan fingerprint density at radius 2 is 1.92 bits per heavy atom. The summed E-state index contributed by atoms with van der Waals surface area (Å²) >= 11 is 0. The number of amides is 2. The zero-order valence-electron chi connectivity index (χ0n) is 13.4. The number of rotatable bonds is 9. The summed E-state index contributed by atoms with van der Waals surface area (Å²) in [6, 6.07) is 4.70. The average Bonchev–Trinajstić information content (AvgIpc) is 2.76. The van der Waals surface area contributed by atoms with Crippen LogP contribution >= 0.6 is 0 Å². The van der Waals surface area contributed by atoms with Gasteiger partial charge in [0.25, 0.3) is 21.9 Å². The van der Waals surface area contributed by atoms with Crippen LogP contribution in [0.1, 0.15) is 46.9 Å². The Morgan fingerprint density at radius 3 is 2.58 bits per heavy atom. The van der Waals surface area contributed by atoms with Gasteiger partial charge in [0.05, 0.1) is 16.9 Å². The second-order valence-corrected chi connectivity index (χ2v) is 6.98. The van der Waals surface area contributed by atoms with Crippen molar-refractivity contribution in [3.8, 4) is 0 Å². The van der Waals surface area contributed by atoms with Gasteiger partial charge in [0.15, 0.2) is 0 Å². The maximum atomic E-state index is 12.3. The Morgan fingerprint density at radius 1 is 1.21 bits per heavy atom. The highest BCUT2D eigenvalue weighted by molar-refractivity contribution is 7.86. The number of fused-ring (bicyclic) bond motifs is 1. The Kier molecular flexibility index (Phi) is 5.74. The van der Waals surface area contributed by atoms with E-state index in [1.807, 2.05) is 0 Å². The van der Waals surface area contributed by atoms with Gasteiger partial charge in [0, 0.05) is 12.2 Å². The summed E-state index contributed by atoms with van der Waals surface area (Å²) < 4.78 is 27.9. The number of benzene rings is 1. The smallest absolute Gasteiger partial charge is 0.292 e. The maximum Gasteiger partial charge on any atom is 0.292 e. The van der Waals surface area contributed by atoms with E-state index >= 15 is 0 Å². The van der Waals surface area contributed by atoms with Crippen LogP contribution in [0.2, 0.25) is 0 Å². The highest BCUT2D eigenvalue weighted by Crippen LogP contribution is 2.27. The van der Waals surface area contributed by atoms with Crippen LogP contribution in [0.5, 0.6) is 0 Å². The standard InChI is InChI=1S/C16H20N2O5S/c1-3-5-6-9-17-12-7-8-13-14(11-12)16(20)18(15(13)19)23-24(21,22)10-4-2/h4,7-8,11,17H,2-3,5-6,9-10H2,1H3. The number of imide groups is 1. The molecule has 1 aromatic rings. The van der Waals surface area contributed by atoms with Gasteiger partial charge in [0.2, 0.25) is 0 Å². The summed E-state index contributed by atoms with van der Waals surface area (Å²) in [7, 11) is -4.08. The fourth-order valence-corrected chi connectivity index (χ4v) is 3.00. The van der Waals surface area contributed by atoms with Gasteiger partial charge in [-0.1, -0.05) is 25.8 Å². The molecule has 0 spiro atoms. The molecule has 0 aliphatic carbocycles. The van der Waals surface area contributed by atoms with E-state index in [-0.39, 0.29) is 16.2 Å². The number of carbonyl (C=O) groups is 2. The fraction of sp³-hybridized carbons (Fsp3) is 0.375. The van der Waals surface area contributed by atoms with E-state index in [9.17, 15) is 18.0 Å². The Labute approximate surface area is 141 Å². The first kappa shape index (κ1) is 18.2. The molecule has 0 atom stereocenters. The summed E-state index contributed by atoms with van der Waals surface area (Å²) in [6.07, 6.45) is 4.31. The minimum Gasteiger partial charge on any atom is -0.385 e. The number of hydroxylamine groups is 2. The number of anilines is 1. The van der Waals surface area contributed by atoms with E-state index in [1.54, 1.807) is 6.07 Å². The molecule has 1 N–H and O–H groups in total. The van der Waals surface area contributed by atoms with Crippen LogP contribution in [0.4, 0.5) is 5.69 Å². The second kappa shape index (κ2) is 7.59. The van der Waals surface area contributed by atoms with Crippen molar-refractivity contribution >= 4 is 27.6 Å². The number of unbranched alkanes of at least 4 members (excludes halogenated alkanes) is 2. The topological polar surface area (TPSA) is 92.8 Å². The SMILES string of the molecule is C=CCS(=O)(=O)ON1C(=O)c2ccc(NCCCCC)cc2C1=O. The van der Waals surface area contributed by atoms with Gasteiger partial charge < -0.3 is 5.32 Å². The number of carbonyl (C=O) groups excluding carboxylic acids is 2. The van der Waals surface area contributed by atoms with E-state index in [4.69, 9.17) is 0 Å². The van der Waals surface area contributed by atoms with E-state index in [0.717, 1.165) is 31.9 Å². The lowest BCUT2D eigenvalue weighted by Crippen LogP contribution is -2.33. The van der Waals surface area contributed by atoms with Crippen molar-refractivity contribution in [3.63, 3.8) is 0 Å².